The van der Waals surface area contributed by atoms with Crippen LogP contribution in [0.25, 0.3) is 0 Å². The van der Waals surface area contributed by atoms with Crippen LogP contribution in [0.1, 0.15) is 27.6 Å². The van der Waals surface area contributed by atoms with Gasteiger partial charge in [0.05, 0.1) is 11.7 Å². The van der Waals surface area contributed by atoms with E-state index in [0.29, 0.717) is 0 Å². The zero-order chi connectivity index (χ0) is 13.8. The van der Waals surface area contributed by atoms with Gasteiger partial charge in [0.25, 0.3) is 5.91 Å². The summed E-state index contributed by atoms with van der Waals surface area (Å²) in [5.41, 5.74) is 1.49. The molecule has 5 heteroatoms. The van der Waals surface area contributed by atoms with E-state index in [1.54, 1.807) is 19.1 Å². The highest BCUT2D eigenvalue weighted by molar-refractivity contribution is 7.07. The minimum atomic E-state index is -0.774. The molecule has 100 valence electrons. The van der Waals surface area contributed by atoms with E-state index in [1.807, 2.05) is 10.8 Å². The molecule has 0 radical (unpaired) electrons. The number of hydrogen-bond donors (Lipinski definition) is 2. The summed E-state index contributed by atoms with van der Waals surface area (Å²) in [5, 5.41) is 16.0. The van der Waals surface area contributed by atoms with Crippen LogP contribution in [-0.2, 0) is 0 Å². The molecule has 0 saturated carbocycles. The molecule has 1 heterocycles. The first-order valence-corrected chi connectivity index (χ1v) is 6.76. The highest BCUT2D eigenvalue weighted by Crippen LogP contribution is 2.15. The van der Waals surface area contributed by atoms with E-state index in [0.717, 1.165) is 11.1 Å². The zero-order valence-electron chi connectivity index (χ0n) is 10.4. The van der Waals surface area contributed by atoms with Gasteiger partial charge in [-0.25, -0.2) is 4.39 Å². The Morgan fingerprint density at radius 1 is 1.47 bits per heavy atom. The normalized spacial score (nSPS) is 12.2. The highest BCUT2D eigenvalue weighted by Gasteiger charge is 2.14. The molecule has 0 aliphatic rings. The van der Waals surface area contributed by atoms with Crippen LogP contribution in [0.4, 0.5) is 4.39 Å². The first-order chi connectivity index (χ1) is 9.08. The van der Waals surface area contributed by atoms with E-state index in [2.05, 4.69) is 5.32 Å². The topological polar surface area (TPSA) is 49.3 Å². The number of amides is 1. The fourth-order valence-electron chi connectivity index (χ4n) is 1.67. The molecule has 0 spiro atoms. The summed E-state index contributed by atoms with van der Waals surface area (Å²) < 4.78 is 13.6. The van der Waals surface area contributed by atoms with E-state index >= 15 is 0 Å². The molecule has 1 unspecified atom stereocenters. The Morgan fingerprint density at radius 2 is 2.26 bits per heavy atom. The molecule has 2 N–H and O–H groups in total. The molecular formula is C14H14FNO2S. The summed E-state index contributed by atoms with van der Waals surface area (Å²) in [6, 6.07) is 6.21. The third-order valence-corrected chi connectivity index (χ3v) is 3.45. The minimum Gasteiger partial charge on any atom is -0.387 e. The smallest absolute Gasteiger partial charge is 0.254 e. The number of benzene rings is 1. The number of aliphatic hydroxyl groups excluding tert-OH is 1. The second-order valence-electron chi connectivity index (χ2n) is 4.27. The van der Waals surface area contributed by atoms with Crippen molar-refractivity contribution in [2.24, 2.45) is 0 Å². The molecule has 1 aromatic carbocycles. The lowest BCUT2D eigenvalue weighted by atomic mass is 10.1. The van der Waals surface area contributed by atoms with Gasteiger partial charge in [0.1, 0.15) is 5.82 Å². The first-order valence-electron chi connectivity index (χ1n) is 5.82. The summed E-state index contributed by atoms with van der Waals surface area (Å²) in [7, 11) is 0. The zero-order valence-corrected chi connectivity index (χ0v) is 11.2. The highest BCUT2D eigenvalue weighted by atomic mass is 32.1. The van der Waals surface area contributed by atoms with Gasteiger partial charge in [0.15, 0.2) is 0 Å². The van der Waals surface area contributed by atoms with Gasteiger partial charge >= 0.3 is 0 Å². The van der Waals surface area contributed by atoms with Crippen molar-refractivity contribution < 1.29 is 14.3 Å². The lowest BCUT2D eigenvalue weighted by molar-refractivity contribution is 0.0912. The second kappa shape index (κ2) is 5.95. The molecule has 1 amide bonds. The Morgan fingerprint density at radius 3 is 2.89 bits per heavy atom. The number of halogens is 1. The average molecular weight is 279 g/mol. The fourth-order valence-corrected chi connectivity index (χ4v) is 2.38. The van der Waals surface area contributed by atoms with Crippen LogP contribution in [-0.4, -0.2) is 17.6 Å². The van der Waals surface area contributed by atoms with E-state index in [1.165, 1.54) is 23.5 Å². The molecule has 0 aliphatic carbocycles. The lowest BCUT2D eigenvalue weighted by Gasteiger charge is -2.11. The van der Waals surface area contributed by atoms with Crippen molar-refractivity contribution in [2.45, 2.75) is 13.0 Å². The number of aryl methyl sites for hydroxylation is 1. The molecule has 19 heavy (non-hydrogen) atoms. The van der Waals surface area contributed by atoms with Crippen molar-refractivity contribution >= 4 is 17.2 Å². The van der Waals surface area contributed by atoms with Crippen LogP contribution >= 0.6 is 11.3 Å². The number of nitrogens with one attached hydrogen (secondary N) is 1. The van der Waals surface area contributed by atoms with Crippen molar-refractivity contribution in [3.63, 3.8) is 0 Å². The lowest BCUT2D eigenvalue weighted by Crippen LogP contribution is -2.28. The number of thiophene rings is 1. The van der Waals surface area contributed by atoms with Crippen LogP contribution in [0.3, 0.4) is 0 Å². The maximum absolute atomic E-state index is 13.6. The van der Waals surface area contributed by atoms with Crippen molar-refractivity contribution in [3.8, 4) is 0 Å². The molecule has 0 bridgehead atoms. The predicted octanol–water partition coefficient (Wildman–Crippen LogP) is 2.66. The van der Waals surface area contributed by atoms with Crippen LogP contribution in [0.15, 0.2) is 35.0 Å². The SMILES string of the molecule is Cc1ccc(C(=O)NCC(O)c2ccsc2)c(F)c1. The Labute approximate surface area is 114 Å². The van der Waals surface area contributed by atoms with Gasteiger partial charge in [-0.3, -0.25) is 4.79 Å². The molecule has 2 rings (SSSR count). The van der Waals surface area contributed by atoms with Gasteiger partial charge in [-0.15, -0.1) is 0 Å². The average Bonchev–Trinajstić information content (AvgIpc) is 2.89. The summed E-state index contributed by atoms with van der Waals surface area (Å²) >= 11 is 1.47. The monoisotopic (exact) mass is 279 g/mol. The molecule has 1 atom stereocenters. The fraction of sp³-hybridized carbons (Fsp3) is 0.214. The van der Waals surface area contributed by atoms with E-state index in [-0.39, 0.29) is 12.1 Å². The van der Waals surface area contributed by atoms with Gasteiger partial charge in [-0.1, -0.05) is 6.07 Å². The Balaban J connectivity index is 1.98. The maximum Gasteiger partial charge on any atom is 0.254 e. The largest absolute Gasteiger partial charge is 0.387 e. The van der Waals surface area contributed by atoms with Gasteiger partial charge in [0.2, 0.25) is 0 Å². The molecule has 0 aliphatic heterocycles. The first kappa shape index (κ1) is 13.7. The molecule has 0 saturated heterocycles. The van der Waals surface area contributed by atoms with Gasteiger partial charge in [-0.05, 0) is 47.0 Å². The van der Waals surface area contributed by atoms with E-state index in [9.17, 15) is 14.3 Å². The standard InChI is InChI=1S/C14H14FNO2S/c1-9-2-3-11(12(15)6-9)14(18)16-7-13(17)10-4-5-19-8-10/h2-6,8,13,17H,7H2,1H3,(H,16,18). The Kier molecular flexibility index (Phi) is 4.29. The second-order valence-corrected chi connectivity index (χ2v) is 5.05. The third-order valence-electron chi connectivity index (χ3n) is 2.75. The Hall–Kier alpha value is -1.72. The van der Waals surface area contributed by atoms with E-state index < -0.39 is 17.8 Å². The number of carbonyl (C=O) groups excluding carboxylic acids is 1. The van der Waals surface area contributed by atoms with Gasteiger partial charge in [0, 0.05) is 6.54 Å². The molecular weight excluding hydrogens is 265 g/mol. The number of hydrogen-bond acceptors (Lipinski definition) is 3. The van der Waals surface area contributed by atoms with Crippen molar-refractivity contribution in [3.05, 3.63) is 57.5 Å². The summed E-state index contributed by atoms with van der Waals surface area (Å²) in [5.74, 6) is -1.07. The summed E-state index contributed by atoms with van der Waals surface area (Å²) in [6.45, 7) is 1.81. The summed E-state index contributed by atoms with van der Waals surface area (Å²) in [6.07, 6.45) is -0.774. The Bertz CT molecular complexity index is 569. The van der Waals surface area contributed by atoms with Crippen LogP contribution in [0.5, 0.6) is 0 Å². The third kappa shape index (κ3) is 3.39. The molecule has 2 aromatic rings. The number of carbonyl (C=O) groups is 1. The van der Waals surface area contributed by atoms with Crippen molar-refractivity contribution in [2.75, 3.05) is 6.54 Å². The quantitative estimate of drug-likeness (QED) is 0.904. The summed E-state index contributed by atoms with van der Waals surface area (Å²) in [4.78, 5) is 11.8. The van der Waals surface area contributed by atoms with Gasteiger partial charge < -0.3 is 10.4 Å². The van der Waals surface area contributed by atoms with Gasteiger partial charge in [-0.2, -0.15) is 11.3 Å². The molecule has 1 aromatic heterocycles. The van der Waals surface area contributed by atoms with Crippen LogP contribution in [0.2, 0.25) is 0 Å². The van der Waals surface area contributed by atoms with Crippen molar-refractivity contribution in [1.82, 2.24) is 5.32 Å². The predicted molar refractivity (Wildman–Crippen MR) is 72.7 cm³/mol. The minimum absolute atomic E-state index is 0.0110. The number of aliphatic hydroxyl groups is 1. The van der Waals surface area contributed by atoms with E-state index in [4.69, 9.17) is 0 Å². The number of rotatable bonds is 4. The van der Waals surface area contributed by atoms with Crippen LogP contribution in [0, 0.1) is 12.7 Å². The molecule has 3 nitrogen and oxygen atoms in total. The maximum atomic E-state index is 13.6. The van der Waals surface area contributed by atoms with Crippen molar-refractivity contribution in [1.29, 1.82) is 0 Å². The molecule has 0 fully saturated rings. The van der Waals surface area contributed by atoms with Crippen LogP contribution < -0.4 is 5.32 Å².